The number of imide groups is 1. The van der Waals surface area contributed by atoms with E-state index in [1.54, 1.807) is 12.1 Å². The van der Waals surface area contributed by atoms with Gasteiger partial charge in [0.1, 0.15) is 0 Å². The average molecular weight is 428 g/mol. The summed E-state index contributed by atoms with van der Waals surface area (Å²) < 4.78 is 22.5. The molecule has 1 aliphatic heterocycles. The minimum Gasteiger partial charge on any atom is -0.337 e. The number of nitrogens with zero attached hydrogens (tertiary/aromatic N) is 1. The van der Waals surface area contributed by atoms with Gasteiger partial charge in [-0.3, -0.25) is 9.69 Å². The number of amides is 3. The quantitative estimate of drug-likeness (QED) is 0.780. The Bertz CT molecular complexity index is 1020. The summed E-state index contributed by atoms with van der Waals surface area (Å²) in [5, 5.41) is 8.38. The molecule has 0 aromatic heterocycles. The molecule has 142 valence electrons. The van der Waals surface area contributed by atoms with Crippen LogP contribution in [0.3, 0.4) is 0 Å². The highest BCUT2D eigenvalue weighted by Crippen LogP contribution is 2.32. The molecule has 7 nitrogen and oxygen atoms in total. The molecule has 10 heteroatoms. The van der Waals surface area contributed by atoms with Crippen LogP contribution in [0.15, 0.2) is 41.3 Å². The molecular weight excluding hydrogens is 413 g/mol. The molecule has 3 N–H and O–H groups in total. The number of benzene rings is 2. The van der Waals surface area contributed by atoms with Crippen LogP contribution in [0.25, 0.3) is 0 Å². The molecular formula is C17H15Cl2N3O4S. The van der Waals surface area contributed by atoms with E-state index in [2.05, 4.69) is 5.32 Å². The summed E-state index contributed by atoms with van der Waals surface area (Å²) in [7, 11) is -3.74. The summed E-state index contributed by atoms with van der Waals surface area (Å²) in [5.41, 5.74) is 1.70. The molecule has 0 unspecified atom stereocenters. The van der Waals surface area contributed by atoms with E-state index in [0.29, 0.717) is 27.6 Å². The first-order chi connectivity index (χ1) is 12.7. The van der Waals surface area contributed by atoms with Crippen LogP contribution in [0.5, 0.6) is 0 Å². The third kappa shape index (κ3) is 4.24. The van der Waals surface area contributed by atoms with Crippen LogP contribution < -0.4 is 10.5 Å². The van der Waals surface area contributed by atoms with Gasteiger partial charge in [-0.1, -0.05) is 35.3 Å². The van der Waals surface area contributed by atoms with E-state index >= 15 is 0 Å². The number of carbonyl (C=O) groups excluding carboxylic acids is 2. The third-order valence-electron chi connectivity index (χ3n) is 4.14. The molecule has 0 spiro atoms. The molecule has 2 aromatic rings. The van der Waals surface area contributed by atoms with E-state index in [1.165, 1.54) is 24.3 Å². The predicted molar refractivity (Wildman–Crippen MR) is 101 cm³/mol. The maximum atomic E-state index is 12.4. The van der Waals surface area contributed by atoms with Crippen LogP contribution in [0, 0.1) is 0 Å². The van der Waals surface area contributed by atoms with E-state index in [4.69, 9.17) is 28.3 Å². The van der Waals surface area contributed by atoms with Gasteiger partial charge in [0.05, 0.1) is 11.4 Å². The molecule has 0 radical (unpaired) electrons. The number of nitrogens with one attached hydrogen (secondary N) is 1. The molecule has 0 bridgehead atoms. The Morgan fingerprint density at radius 1 is 1.19 bits per heavy atom. The van der Waals surface area contributed by atoms with E-state index in [9.17, 15) is 18.0 Å². The number of primary sulfonamides is 1. The largest absolute Gasteiger partial charge is 0.337 e. The summed E-state index contributed by atoms with van der Waals surface area (Å²) in [4.78, 5) is 25.8. The van der Waals surface area contributed by atoms with Gasteiger partial charge >= 0.3 is 6.03 Å². The summed E-state index contributed by atoms with van der Waals surface area (Å²) in [6.07, 6.45) is 0.457. The Hall–Kier alpha value is -2.13. The highest BCUT2D eigenvalue weighted by Gasteiger charge is 2.33. The molecule has 0 fully saturated rings. The second-order valence-corrected chi connectivity index (χ2v) is 8.38. The molecule has 27 heavy (non-hydrogen) atoms. The highest BCUT2D eigenvalue weighted by molar-refractivity contribution is 7.89. The topological polar surface area (TPSA) is 110 Å². The van der Waals surface area contributed by atoms with Crippen LogP contribution in [0.1, 0.15) is 21.5 Å². The van der Waals surface area contributed by atoms with Crippen molar-refractivity contribution in [2.24, 2.45) is 5.14 Å². The maximum Gasteiger partial charge on any atom is 0.324 e. The van der Waals surface area contributed by atoms with Gasteiger partial charge in [-0.15, -0.1) is 0 Å². The van der Waals surface area contributed by atoms with Crippen molar-refractivity contribution in [3.8, 4) is 0 Å². The Morgan fingerprint density at radius 3 is 2.48 bits per heavy atom. The smallest absolute Gasteiger partial charge is 0.324 e. The normalized spacial score (nSPS) is 13.6. The molecule has 1 aliphatic rings. The fourth-order valence-corrected chi connectivity index (χ4v) is 3.82. The molecule has 1 heterocycles. The van der Waals surface area contributed by atoms with E-state index in [-0.39, 0.29) is 18.0 Å². The van der Waals surface area contributed by atoms with Crippen molar-refractivity contribution in [2.75, 3.05) is 6.54 Å². The van der Waals surface area contributed by atoms with E-state index in [0.717, 1.165) is 10.5 Å². The van der Waals surface area contributed by atoms with Crippen molar-refractivity contribution < 1.29 is 18.0 Å². The Morgan fingerprint density at radius 2 is 1.85 bits per heavy atom. The number of hydrogen-bond acceptors (Lipinski definition) is 4. The van der Waals surface area contributed by atoms with Crippen LogP contribution in [-0.4, -0.2) is 31.8 Å². The predicted octanol–water partition coefficient (Wildman–Crippen LogP) is 2.55. The van der Waals surface area contributed by atoms with E-state index < -0.39 is 22.0 Å². The molecule has 3 amide bonds. The Kier molecular flexibility index (Phi) is 5.43. The highest BCUT2D eigenvalue weighted by atomic mass is 35.5. The van der Waals surface area contributed by atoms with Gasteiger partial charge in [0, 0.05) is 27.7 Å². The standard InChI is InChI=1S/C17H15Cl2N3O4S/c18-11-7-13-14(15(19)8-11)9-22(16(13)23)17(24)21-6-5-10-1-3-12(4-2-10)27(20,25)26/h1-4,7-8H,5-6,9H2,(H,21,24)(H2,20,25,26). The zero-order valence-corrected chi connectivity index (χ0v) is 16.2. The number of nitrogens with two attached hydrogens (primary N) is 1. The lowest BCUT2D eigenvalue weighted by atomic mass is 10.1. The fraction of sp³-hybridized carbons (Fsp3) is 0.176. The van der Waals surface area contributed by atoms with Gasteiger partial charge in [-0.25, -0.2) is 18.4 Å². The van der Waals surface area contributed by atoms with Crippen molar-refractivity contribution in [3.05, 3.63) is 63.1 Å². The van der Waals surface area contributed by atoms with Gasteiger partial charge in [0.2, 0.25) is 10.0 Å². The molecule has 0 atom stereocenters. The first-order valence-electron chi connectivity index (χ1n) is 7.86. The number of hydrogen-bond donors (Lipinski definition) is 2. The lowest BCUT2D eigenvalue weighted by Gasteiger charge is -2.14. The van der Waals surface area contributed by atoms with Crippen molar-refractivity contribution in [3.63, 3.8) is 0 Å². The van der Waals surface area contributed by atoms with E-state index in [1.807, 2.05) is 0 Å². The number of urea groups is 1. The monoisotopic (exact) mass is 427 g/mol. The van der Waals surface area contributed by atoms with Gasteiger partial charge in [-0.2, -0.15) is 0 Å². The average Bonchev–Trinajstić information content (AvgIpc) is 2.92. The number of carbonyl (C=O) groups is 2. The van der Waals surface area contributed by atoms with Gasteiger partial charge in [0.25, 0.3) is 5.91 Å². The zero-order valence-electron chi connectivity index (χ0n) is 13.9. The molecule has 3 rings (SSSR count). The molecule has 0 saturated carbocycles. The van der Waals surface area contributed by atoms with Crippen LogP contribution >= 0.6 is 23.2 Å². The fourth-order valence-electron chi connectivity index (χ4n) is 2.75. The summed E-state index contributed by atoms with van der Waals surface area (Å²) in [5.74, 6) is -0.454. The molecule has 2 aromatic carbocycles. The van der Waals surface area contributed by atoms with Gasteiger partial charge in [-0.05, 0) is 36.2 Å². The number of rotatable bonds is 4. The van der Waals surface area contributed by atoms with Crippen molar-refractivity contribution in [1.82, 2.24) is 10.2 Å². The number of fused-ring (bicyclic) bond motifs is 1. The molecule has 0 saturated heterocycles. The van der Waals surface area contributed by atoms with Crippen LogP contribution in [0.4, 0.5) is 4.79 Å². The zero-order chi connectivity index (χ0) is 19.8. The minimum atomic E-state index is -3.74. The van der Waals surface area contributed by atoms with Crippen molar-refractivity contribution >= 4 is 45.2 Å². The summed E-state index contributed by atoms with van der Waals surface area (Å²) >= 11 is 12.0. The summed E-state index contributed by atoms with van der Waals surface area (Å²) in [6, 6.07) is 8.52. The van der Waals surface area contributed by atoms with Gasteiger partial charge < -0.3 is 5.32 Å². The Labute approximate surface area is 166 Å². The molecule has 0 aliphatic carbocycles. The summed E-state index contributed by atoms with van der Waals surface area (Å²) in [6.45, 7) is 0.348. The number of halogens is 2. The first kappa shape index (κ1) is 19.6. The lowest BCUT2D eigenvalue weighted by Crippen LogP contribution is -2.40. The number of sulfonamides is 1. The second-order valence-electron chi connectivity index (χ2n) is 5.98. The third-order valence-corrected chi connectivity index (χ3v) is 5.62. The second kappa shape index (κ2) is 7.47. The van der Waals surface area contributed by atoms with Crippen LogP contribution in [0.2, 0.25) is 10.0 Å². The van der Waals surface area contributed by atoms with Crippen molar-refractivity contribution in [2.45, 2.75) is 17.9 Å². The maximum absolute atomic E-state index is 12.4. The van der Waals surface area contributed by atoms with Crippen LogP contribution in [-0.2, 0) is 23.0 Å². The first-order valence-corrected chi connectivity index (χ1v) is 10.2. The minimum absolute atomic E-state index is 0.0197. The Balaban J connectivity index is 1.59. The van der Waals surface area contributed by atoms with Gasteiger partial charge in [0.15, 0.2) is 0 Å². The SMILES string of the molecule is NS(=O)(=O)c1ccc(CCNC(=O)N2Cc3c(Cl)cc(Cl)cc3C2=O)cc1. The van der Waals surface area contributed by atoms with Crippen molar-refractivity contribution in [1.29, 1.82) is 0 Å². The lowest BCUT2D eigenvalue weighted by molar-refractivity contribution is 0.0821.